The summed E-state index contributed by atoms with van der Waals surface area (Å²) < 4.78 is 0. The lowest BCUT2D eigenvalue weighted by Crippen LogP contribution is -2.60. The van der Waals surface area contributed by atoms with Gasteiger partial charge in [-0.05, 0) is 51.5 Å². The molecular weight excluding hydrogens is 382 g/mol. The van der Waals surface area contributed by atoms with Crippen LogP contribution in [0.5, 0.6) is 0 Å². The smallest absolute Gasteiger partial charge is 0.331 e. The van der Waals surface area contributed by atoms with Crippen LogP contribution in [0.2, 0.25) is 0 Å². The van der Waals surface area contributed by atoms with E-state index in [1.54, 1.807) is 18.0 Å². The van der Waals surface area contributed by atoms with Gasteiger partial charge in [0, 0.05) is 18.7 Å². The second-order valence-electron chi connectivity index (χ2n) is 10.1. The Kier molecular flexibility index (Phi) is 9.08. The van der Waals surface area contributed by atoms with Crippen LogP contribution >= 0.6 is 0 Å². The van der Waals surface area contributed by atoms with Crippen molar-refractivity contribution < 1.29 is 19.5 Å². The Labute approximate surface area is 181 Å². The first-order valence-corrected chi connectivity index (χ1v) is 10.9. The molecule has 30 heavy (non-hydrogen) atoms. The summed E-state index contributed by atoms with van der Waals surface area (Å²) in [4.78, 5) is 41.5. The maximum Gasteiger partial charge on any atom is 0.331 e. The molecule has 7 nitrogen and oxygen atoms in total. The molecule has 172 valence electrons. The zero-order chi connectivity index (χ0) is 23.4. The Balaban J connectivity index is 3.12. The van der Waals surface area contributed by atoms with Crippen LogP contribution in [-0.4, -0.2) is 71.0 Å². The molecule has 1 heterocycles. The van der Waals surface area contributed by atoms with Crippen molar-refractivity contribution in [1.82, 2.24) is 15.1 Å². The lowest BCUT2D eigenvalue weighted by atomic mass is 9.84. The highest BCUT2D eigenvalue weighted by Crippen LogP contribution is 2.26. The molecule has 7 heteroatoms. The van der Waals surface area contributed by atoms with Crippen molar-refractivity contribution in [3.05, 3.63) is 11.6 Å². The zero-order valence-electron chi connectivity index (χ0n) is 20.2. The third kappa shape index (κ3) is 6.56. The number of hydrogen-bond donors (Lipinski definition) is 2. The van der Waals surface area contributed by atoms with E-state index in [4.69, 9.17) is 0 Å². The largest absolute Gasteiger partial charge is 0.478 e. The number of carboxylic acids is 1. The molecule has 0 aromatic heterocycles. The zero-order valence-corrected chi connectivity index (χ0v) is 20.2. The third-order valence-electron chi connectivity index (χ3n) is 6.22. The molecule has 1 saturated heterocycles. The van der Waals surface area contributed by atoms with Gasteiger partial charge in [-0.15, -0.1) is 0 Å². The Morgan fingerprint density at radius 2 is 1.77 bits per heavy atom. The van der Waals surface area contributed by atoms with Gasteiger partial charge in [-0.3, -0.25) is 14.5 Å². The fourth-order valence-electron chi connectivity index (χ4n) is 3.95. The molecule has 2 amide bonds. The van der Waals surface area contributed by atoms with Crippen LogP contribution in [0.4, 0.5) is 0 Å². The summed E-state index contributed by atoms with van der Waals surface area (Å²) in [6.07, 6.45) is 4.45. The van der Waals surface area contributed by atoms with Crippen molar-refractivity contribution in [2.24, 2.45) is 11.3 Å². The number of aliphatic carboxylic acids is 1. The molecule has 1 unspecified atom stereocenters. The van der Waals surface area contributed by atoms with Crippen molar-refractivity contribution in [2.45, 2.75) is 91.9 Å². The highest BCUT2D eigenvalue weighted by molar-refractivity contribution is 5.91. The van der Waals surface area contributed by atoms with E-state index in [-0.39, 0.29) is 35.4 Å². The van der Waals surface area contributed by atoms with Gasteiger partial charge in [0.25, 0.3) is 0 Å². The highest BCUT2D eigenvalue weighted by atomic mass is 16.4. The van der Waals surface area contributed by atoms with Crippen molar-refractivity contribution in [3.63, 3.8) is 0 Å². The standard InChI is InChI=1S/C23H41N3O4/c1-14(2)18(13-15(3)22(29)30)26(9)21(28)19(23(5,6)7)24-20(27)17-12-10-11-16(4)25(17)8/h13-14,16-19H,10-12H2,1-9H3,(H,24,27)(H,29,30)/b15-13+/t16-,17?,18+,19+/m0/s1. The number of amides is 2. The molecule has 1 fully saturated rings. The van der Waals surface area contributed by atoms with Crippen molar-refractivity contribution in [3.8, 4) is 0 Å². The molecule has 2 N–H and O–H groups in total. The number of likely N-dealkylation sites (N-methyl/N-ethyl adjacent to an activating group) is 2. The van der Waals surface area contributed by atoms with Gasteiger partial charge >= 0.3 is 5.97 Å². The van der Waals surface area contributed by atoms with Gasteiger partial charge in [-0.1, -0.05) is 40.7 Å². The first-order chi connectivity index (χ1) is 13.7. The minimum absolute atomic E-state index is 0.0231. The van der Waals surface area contributed by atoms with E-state index in [1.807, 2.05) is 41.7 Å². The second kappa shape index (κ2) is 10.4. The van der Waals surface area contributed by atoms with Crippen LogP contribution in [0.1, 0.15) is 67.7 Å². The average molecular weight is 424 g/mol. The number of hydrogen-bond acceptors (Lipinski definition) is 4. The van der Waals surface area contributed by atoms with E-state index in [0.29, 0.717) is 6.04 Å². The SMILES string of the molecule is C/C(=C\[C@H](C(C)C)N(C)C(=O)[C@@H](NC(=O)C1CCC[C@H](C)N1C)C(C)(C)C)C(=O)O. The van der Waals surface area contributed by atoms with Gasteiger partial charge in [0.15, 0.2) is 0 Å². The Morgan fingerprint density at radius 3 is 2.23 bits per heavy atom. The molecule has 0 spiro atoms. The summed E-state index contributed by atoms with van der Waals surface area (Å²) in [6, 6.07) is -1.00. The molecule has 1 rings (SSSR count). The van der Waals surface area contributed by atoms with Gasteiger partial charge < -0.3 is 15.3 Å². The van der Waals surface area contributed by atoms with Crippen LogP contribution in [0.15, 0.2) is 11.6 Å². The Bertz CT molecular complexity index is 666. The summed E-state index contributed by atoms with van der Waals surface area (Å²) in [5, 5.41) is 12.3. The van der Waals surface area contributed by atoms with Crippen LogP contribution in [0.25, 0.3) is 0 Å². The first-order valence-electron chi connectivity index (χ1n) is 10.9. The Morgan fingerprint density at radius 1 is 1.20 bits per heavy atom. The molecule has 0 bridgehead atoms. The number of carboxylic acid groups (broad SMARTS) is 1. The quantitative estimate of drug-likeness (QED) is 0.615. The molecule has 4 atom stereocenters. The summed E-state index contributed by atoms with van der Waals surface area (Å²) in [6.45, 7) is 13.3. The normalized spacial score (nSPS) is 23.1. The maximum atomic E-state index is 13.5. The number of rotatable bonds is 7. The predicted molar refractivity (Wildman–Crippen MR) is 119 cm³/mol. The number of carbonyl (C=O) groups excluding carboxylic acids is 2. The average Bonchev–Trinajstić information content (AvgIpc) is 2.63. The van der Waals surface area contributed by atoms with E-state index in [0.717, 1.165) is 19.3 Å². The molecule has 0 aliphatic carbocycles. The lowest BCUT2D eigenvalue weighted by molar-refractivity contribution is -0.142. The van der Waals surface area contributed by atoms with Gasteiger partial charge in [0.1, 0.15) is 6.04 Å². The van der Waals surface area contributed by atoms with Gasteiger partial charge in [-0.25, -0.2) is 4.79 Å². The topological polar surface area (TPSA) is 90.0 Å². The minimum Gasteiger partial charge on any atom is -0.478 e. The fourth-order valence-corrected chi connectivity index (χ4v) is 3.95. The molecule has 1 aliphatic heterocycles. The maximum absolute atomic E-state index is 13.5. The van der Waals surface area contributed by atoms with E-state index >= 15 is 0 Å². The van der Waals surface area contributed by atoms with Crippen LogP contribution in [0.3, 0.4) is 0 Å². The molecule has 0 aromatic carbocycles. The predicted octanol–water partition coefficient (Wildman–Crippen LogP) is 2.90. The number of nitrogens with one attached hydrogen (secondary N) is 1. The first kappa shape index (κ1) is 26.1. The van der Waals surface area contributed by atoms with Gasteiger partial charge in [-0.2, -0.15) is 0 Å². The Hall–Kier alpha value is -1.89. The van der Waals surface area contributed by atoms with Crippen LogP contribution in [0, 0.1) is 11.3 Å². The molecule has 1 aliphatic rings. The molecular formula is C23H41N3O4. The minimum atomic E-state index is -1.00. The van der Waals surface area contributed by atoms with Crippen LogP contribution in [-0.2, 0) is 14.4 Å². The number of piperidine rings is 1. The van der Waals surface area contributed by atoms with Gasteiger partial charge in [0.05, 0.1) is 12.1 Å². The number of carbonyl (C=O) groups is 3. The highest BCUT2D eigenvalue weighted by Gasteiger charge is 2.39. The molecule has 0 aromatic rings. The number of likely N-dealkylation sites (tertiary alicyclic amines) is 1. The summed E-state index contributed by atoms with van der Waals surface area (Å²) >= 11 is 0. The van der Waals surface area contributed by atoms with Gasteiger partial charge in [0.2, 0.25) is 11.8 Å². The van der Waals surface area contributed by atoms with E-state index in [2.05, 4.69) is 17.1 Å². The number of nitrogens with zero attached hydrogens (tertiary/aromatic N) is 2. The molecule has 0 radical (unpaired) electrons. The van der Waals surface area contributed by atoms with Crippen LogP contribution < -0.4 is 5.32 Å². The fraction of sp³-hybridized carbons (Fsp3) is 0.783. The second-order valence-corrected chi connectivity index (χ2v) is 10.1. The summed E-state index contributed by atoms with van der Waals surface area (Å²) in [7, 11) is 3.64. The van der Waals surface area contributed by atoms with Crippen molar-refractivity contribution in [2.75, 3.05) is 14.1 Å². The third-order valence-corrected chi connectivity index (χ3v) is 6.22. The molecule has 0 saturated carbocycles. The van der Waals surface area contributed by atoms with Crippen molar-refractivity contribution in [1.29, 1.82) is 0 Å². The monoisotopic (exact) mass is 423 g/mol. The van der Waals surface area contributed by atoms with E-state index < -0.39 is 17.4 Å². The van der Waals surface area contributed by atoms with Crippen molar-refractivity contribution >= 4 is 17.8 Å². The van der Waals surface area contributed by atoms with E-state index in [1.165, 1.54) is 6.92 Å². The summed E-state index contributed by atoms with van der Waals surface area (Å²) in [5.74, 6) is -1.31. The van der Waals surface area contributed by atoms with E-state index in [9.17, 15) is 19.5 Å². The summed E-state index contributed by atoms with van der Waals surface area (Å²) in [5.41, 5.74) is -0.296. The lowest BCUT2D eigenvalue weighted by Gasteiger charge is -2.40.